The van der Waals surface area contributed by atoms with Gasteiger partial charge >= 0.3 is 11.9 Å². The Morgan fingerprint density at radius 3 is 2.44 bits per heavy atom. The molecule has 9 heteroatoms. The minimum absolute atomic E-state index is 0.0225. The van der Waals surface area contributed by atoms with Gasteiger partial charge < -0.3 is 14.0 Å². The van der Waals surface area contributed by atoms with E-state index in [2.05, 4.69) is 4.74 Å². The lowest BCUT2D eigenvalue weighted by Gasteiger charge is -2.09. The van der Waals surface area contributed by atoms with Crippen molar-refractivity contribution in [3.63, 3.8) is 0 Å². The van der Waals surface area contributed by atoms with E-state index >= 15 is 0 Å². The first-order valence-corrected chi connectivity index (χ1v) is 8.73. The lowest BCUT2D eigenvalue weighted by molar-refractivity contribution is -0.143. The fourth-order valence-corrected chi connectivity index (χ4v) is 3.53. The van der Waals surface area contributed by atoms with Crippen LogP contribution in [0.3, 0.4) is 0 Å². The smallest absolute Gasteiger partial charge is 0.325 e. The van der Waals surface area contributed by atoms with Crippen molar-refractivity contribution < 1.29 is 28.7 Å². The fourth-order valence-electron chi connectivity index (χ4n) is 2.70. The molecular formula is C18H16N2O6S. The predicted molar refractivity (Wildman–Crippen MR) is 98.6 cm³/mol. The molecule has 1 saturated heterocycles. The van der Waals surface area contributed by atoms with Crippen molar-refractivity contribution >= 4 is 51.8 Å². The SMILES string of the molecule is COC(=O)CN1C(=O)SC(=Cc2cn(CC(=O)OC)c3ccccc23)C1=O. The summed E-state index contributed by atoms with van der Waals surface area (Å²) in [7, 11) is 2.50. The second kappa shape index (κ2) is 7.67. The third kappa shape index (κ3) is 3.72. The summed E-state index contributed by atoms with van der Waals surface area (Å²) >= 11 is 0.755. The van der Waals surface area contributed by atoms with E-state index in [9.17, 15) is 19.2 Å². The minimum Gasteiger partial charge on any atom is -0.468 e. The number of fused-ring (bicyclic) bond motifs is 1. The average Bonchev–Trinajstić information content (AvgIpc) is 3.14. The number of amides is 2. The molecule has 0 aliphatic carbocycles. The summed E-state index contributed by atoms with van der Waals surface area (Å²) in [6.45, 7) is -0.405. The number of carbonyl (C=O) groups excluding carboxylic acids is 4. The zero-order valence-electron chi connectivity index (χ0n) is 14.6. The molecule has 0 atom stereocenters. The molecular weight excluding hydrogens is 372 g/mol. The quantitative estimate of drug-likeness (QED) is 0.571. The number of thioether (sulfide) groups is 1. The van der Waals surface area contributed by atoms with E-state index in [1.54, 1.807) is 16.8 Å². The van der Waals surface area contributed by atoms with Crippen LogP contribution < -0.4 is 0 Å². The lowest BCUT2D eigenvalue weighted by atomic mass is 10.1. The Labute approximate surface area is 158 Å². The number of carbonyl (C=O) groups is 4. The van der Waals surface area contributed by atoms with Crippen molar-refractivity contribution in [1.29, 1.82) is 0 Å². The van der Waals surface area contributed by atoms with Gasteiger partial charge in [0.1, 0.15) is 13.1 Å². The van der Waals surface area contributed by atoms with Crippen molar-refractivity contribution in [3.8, 4) is 0 Å². The van der Waals surface area contributed by atoms with Crippen molar-refractivity contribution in [3.05, 3.63) is 40.9 Å². The summed E-state index contributed by atoms with van der Waals surface area (Å²) in [5.41, 5.74) is 1.47. The van der Waals surface area contributed by atoms with E-state index in [1.807, 2.05) is 24.3 Å². The molecule has 1 fully saturated rings. The van der Waals surface area contributed by atoms with Gasteiger partial charge in [-0.1, -0.05) is 18.2 Å². The summed E-state index contributed by atoms with van der Waals surface area (Å²) in [6, 6.07) is 7.38. The summed E-state index contributed by atoms with van der Waals surface area (Å²) in [5.74, 6) is -1.63. The normalized spacial score (nSPS) is 15.6. The first-order valence-electron chi connectivity index (χ1n) is 7.91. The highest BCUT2D eigenvalue weighted by Gasteiger charge is 2.36. The van der Waals surface area contributed by atoms with Gasteiger partial charge in [0.05, 0.1) is 19.1 Å². The molecule has 3 rings (SSSR count). The largest absolute Gasteiger partial charge is 0.468 e. The van der Waals surface area contributed by atoms with Gasteiger partial charge in [0.2, 0.25) is 0 Å². The molecule has 1 aromatic carbocycles. The van der Waals surface area contributed by atoms with Gasteiger partial charge in [0.25, 0.3) is 11.1 Å². The number of esters is 2. The molecule has 1 aliphatic heterocycles. The van der Waals surface area contributed by atoms with Gasteiger partial charge in [-0.25, -0.2) is 0 Å². The van der Waals surface area contributed by atoms with Crippen LogP contribution in [0.2, 0.25) is 0 Å². The maximum atomic E-state index is 12.5. The molecule has 0 saturated carbocycles. The van der Waals surface area contributed by atoms with Crippen LogP contribution in [-0.4, -0.2) is 53.3 Å². The van der Waals surface area contributed by atoms with Crippen LogP contribution >= 0.6 is 11.8 Å². The number of ether oxygens (including phenoxy) is 2. The summed E-state index contributed by atoms with van der Waals surface area (Å²) in [4.78, 5) is 48.6. The van der Waals surface area contributed by atoms with Gasteiger partial charge in [-0.3, -0.25) is 24.1 Å². The van der Waals surface area contributed by atoms with Crippen LogP contribution in [0.5, 0.6) is 0 Å². The van der Waals surface area contributed by atoms with Gasteiger partial charge in [-0.15, -0.1) is 0 Å². The van der Waals surface area contributed by atoms with Crippen LogP contribution in [0.1, 0.15) is 5.56 Å². The van der Waals surface area contributed by atoms with E-state index < -0.39 is 29.6 Å². The maximum Gasteiger partial charge on any atom is 0.325 e. The molecule has 0 unspecified atom stereocenters. The van der Waals surface area contributed by atoms with Gasteiger partial charge in [-0.2, -0.15) is 0 Å². The van der Waals surface area contributed by atoms with Gasteiger partial charge in [0, 0.05) is 22.7 Å². The molecule has 2 amide bonds. The van der Waals surface area contributed by atoms with E-state index in [-0.39, 0.29) is 11.4 Å². The van der Waals surface area contributed by atoms with Crippen LogP contribution in [0.15, 0.2) is 35.4 Å². The Hall–Kier alpha value is -3.07. The molecule has 0 spiro atoms. The zero-order valence-corrected chi connectivity index (χ0v) is 15.4. The van der Waals surface area contributed by atoms with E-state index in [0.29, 0.717) is 5.56 Å². The predicted octanol–water partition coefficient (Wildman–Crippen LogP) is 2.02. The zero-order chi connectivity index (χ0) is 19.6. The highest BCUT2D eigenvalue weighted by molar-refractivity contribution is 8.18. The monoisotopic (exact) mass is 388 g/mol. The van der Waals surface area contributed by atoms with Gasteiger partial charge in [-0.05, 0) is 23.9 Å². The molecule has 2 heterocycles. The highest BCUT2D eigenvalue weighted by atomic mass is 32.2. The molecule has 0 radical (unpaired) electrons. The lowest BCUT2D eigenvalue weighted by Crippen LogP contribution is -2.34. The Morgan fingerprint density at radius 2 is 1.74 bits per heavy atom. The second-order valence-electron chi connectivity index (χ2n) is 5.65. The number of rotatable bonds is 5. The summed E-state index contributed by atoms with van der Waals surface area (Å²) < 4.78 is 10.9. The standard InChI is InChI=1S/C18H16N2O6S/c1-25-15(21)9-19-8-11(12-5-3-4-6-13(12)19)7-14-17(23)20(18(24)27-14)10-16(22)26-2/h3-8H,9-10H2,1-2H3. The number of imide groups is 1. The van der Waals surface area contributed by atoms with Crippen LogP contribution in [-0.2, 0) is 30.4 Å². The van der Waals surface area contributed by atoms with Crippen molar-refractivity contribution in [2.75, 3.05) is 20.8 Å². The maximum absolute atomic E-state index is 12.5. The number of hydrogen-bond donors (Lipinski definition) is 0. The molecule has 2 aromatic rings. The molecule has 0 bridgehead atoms. The van der Waals surface area contributed by atoms with E-state index in [4.69, 9.17) is 4.74 Å². The number of methoxy groups -OCH3 is 2. The number of para-hydroxylation sites is 1. The first-order chi connectivity index (χ1) is 12.9. The summed E-state index contributed by atoms with van der Waals surface area (Å²) in [5, 5.41) is 0.288. The minimum atomic E-state index is -0.673. The number of aromatic nitrogens is 1. The molecule has 1 aliphatic rings. The molecule has 0 N–H and O–H groups in total. The molecule has 140 valence electrons. The van der Waals surface area contributed by atoms with E-state index in [0.717, 1.165) is 27.6 Å². The van der Waals surface area contributed by atoms with Crippen LogP contribution in [0, 0.1) is 0 Å². The van der Waals surface area contributed by atoms with Crippen molar-refractivity contribution in [2.45, 2.75) is 6.54 Å². The highest BCUT2D eigenvalue weighted by Crippen LogP contribution is 2.34. The average molecular weight is 388 g/mol. The third-order valence-corrected chi connectivity index (χ3v) is 4.93. The number of nitrogens with zero attached hydrogens (tertiary/aromatic N) is 2. The Bertz CT molecular complexity index is 977. The topological polar surface area (TPSA) is 94.9 Å². The van der Waals surface area contributed by atoms with Gasteiger partial charge in [0.15, 0.2) is 0 Å². The number of hydrogen-bond acceptors (Lipinski definition) is 7. The fraction of sp³-hybridized carbons (Fsp3) is 0.222. The van der Waals surface area contributed by atoms with Crippen LogP contribution in [0.25, 0.3) is 17.0 Å². The van der Waals surface area contributed by atoms with Crippen molar-refractivity contribution in [1.82, 2.24) is 9.47 Å². The molecule has 27 heavy (non-hydrogen) atoms. The summed E-state index contributed by atoms with van der Waals surface area (Å²) in [6.07, 6.45) is 3.30. The van der Waals surface area contributed by atoms with Crippen LogP contribution in [0.4, 0.5) is 4.79 Å². The Balaban J connectivity index is 1.96. The Morgan fingerprint density at radius 1 is 1.07 bits per heavy atom. The molecule has 1 aromatic heterocycles. The van der Waals surface area contributed by atoms with E-state index in [1.165, 1.54) is 14.2 Å². The second-order valence-corrected chi connectivity index (χ2v) is 6.64. The third-order valence-electron chi connectivity index (χ3n) is 4.02. The van der Waals surface area contributed by atoms with Crippen molar-refractivity contribution in [2.24, 2.45) is 0 Å². The first kappa shape index (κ1) is 18.7. The molecule has 8 nitrogen and oxygen atoms in total. The Kier molecular flexibility index (Phi) is 5.31. The number of benzene rings is 1.